The molecule has 0 aliphatic carbocycles. The summed E-state index contributed by atoms with van der Waals surface area (Å²) < 4.78 is 3.48. The summed E-state index contributed by atoms with van der Waals surface area (Å²) >= 11 is 0. The molecular weight excluding hydrogens is 242 g/mol. The molecule has 1 unspecified atom stereocenters. The van der Waals surface area contributed by atoms with Crippen LogP contribution in [0.2, 0.25) is 0 Å². The van der Waals surface area contributed by atoms with E-state index in [2.05, 4.69) is 15.5 Å². The zero-order valence-corrected chi connectivity index (χ0v) is 11.7. The Morgan fingerprint density at radius 2 is 2.21 bits per heavy atom. The van der Waals surface area contributed by atoms with Gasteiger partial charge in [0.1, 0.15) is 5.69 Å². The molecule has 6 nitrogen and oxygen atoms in total. The van der Waals surface area contributed by atoms with Crippen molar-refractivity contribution in [2.45, 2.75) is 33.4 Å². The SMILES string of the molecule is CCn1nccc1C(=O)NC(C)c1cnn(C)c1C. The zero-order chi connectivity index (χ0) is 14.0. The first kappa shape index (κ1) is 13.3. The van der Waals surface area contributed by atoms with Gasteiger partial charge in [-0.05, 0) is 26.8 Å². The lowest BCUT2D eigenvalue weighted by atomic mass is 10.1. The van der Waals surface area contributed by atoms with E-state index in [-0.39, 0.29) is 11.9 Å². The summed E-state index contributed by atoms with van der Waals surface area (Å²) in [6.45, 7) is 6.57. The molecule has 0 radical (unpaired) electrons. The first-order valence-corrected chi connectivity index (χ1v) is 6.35. The third kappa shape index (κ3) is 2.52. The summed E-state index contributed by atoms with van der Waals surface area (Å²) in [6, 6.07) is 1.64. The van der Waals surface area contributed by atoms with Gasteiger partial charge in [-0.15, -0.1) is 0 Å². The molecule has 1 N–H and O–H groups in total. The highest BCUT2D eigenvalue weighted by Gasteiger charge is 2.17. The van der Waals surface area contributed by atoms with Crippen LogP contribution in [-0.2, 0) is 13.6 Å². The summed E-state index contributed by atoms with van der Waals surface area (Å²) in [5, 5.41) is 11.3. The average molecular weight is 261 g/mol. The number of hydrogen-bond acceptors (Lipinski definition) is 3. The molecule has 1 amide bonds. The fourth-order valence-electron chi connectivity index (χ4n) is 2.07. The predicted octanol–water partition coefficient (Wildman–Crippen LogP) is 1.44. The Labute approximate surface area is 112 Å². The molecule has 0 saturated carbocycles. The molecule has 2 aromatic rings. The van der Waals surface area contributed by atoms with E-state index in [1.54, 1.807) is 27.8 Å². The van der Waals surface area contributed by atoms with E-state index in [1.807, 2.05) is 27.8 Å². The predicted molar refractivity (Wildman–Crippen MR) is 71.7 cm³/mol. The smallest absolute Gasteiger partial charge is 0.270 e. The molecule has 0 aliphatic heterocycles. The van der Waals surface area contributed by atoms with E-state index in [4.69, 9.17) is 0 Å². The average Bonchev–Trinajstić information content (AvgIpc) is 2.97. The van der Waals surface area contributed by atoms with Crippen molar-refractivity contribution >= 4 is 5.91 Å². The Morgan fingerprint density at radius 1 is 1.47 bits per heavy atom. The highest BCUT2D eigenvalue weighted by Crippen LogP contribution is 2.16. The van der Waals surface area contributed by atoms with Gasteiger partial charge in [-0.2, -0.15) is 10.2 Å². The lowest BCUT2D eigenvalue weighted by Crippen LogP contribution is -2.29. The number of nitrogens with one attached hydrogen (secondary N) is 1. The second-order valence-corrected chi connectivity index (χ2v) is 4.54. The van der Waals surface area contributed by atoms with Crippen molar-refractivity contribution < 1.29 is 4.79 Å². The van der Waals surface area contributed by atoms with Crippen molar-refractivity contribution in [1.29, 1.82) is 0 Å². The molecule has 0 aliphatic rings. The van der Waals surface area contributed by atoms with Gasteiger partial charge in [-0.25, -0.2) is 0 Å². The summed E-state index contributed by atoms with van der Waals surface area (Å²) in [7, 11) is 1.89. The van der Waals surface area contributed by atoms with E-state index in [9.17, 15) is 4.79 Å². The van der Waals surface area contributed by atoms with Crippen molar-refractivity contribution in [2.24, 2.45) is 7.05 Å². The summed E-state index contributed by atoms with van der Waals surface area (Å²) in [5.74, 6) is -0.116. The number of amides is 1. The fraction of sp³-hybridized carbons (Fsp3) is 0.462. The van der Waals surface area contributed by atoms with Crippen LogP contribution in [0.1, 0.15) is 41.6 Å². The molecular formula is C13H19N5O. The quantitative estimate of drug-likeness (QED) is 0.905. The van der Waals surface area contributed by atoms with Crippen LogP contribution in [0.4, 0.5) is 0 Å². The van der Waals surface area contributed by atoms with E-state index in [1.165, 1.54) is 0 Å². The molecule has 0 bridgehead atoms. The number of aromatic nitrogens is 4. The van der Waals surface area contributed by atoms with Crippen molar-refractivity contribution in [3.8, 4) is 0 Å². The maximum Gasteiger partial charge on any atom is 0.270 e. The summed E-state index contributed by atoms with van der Waals surface area (Å²) in [4.78, 5) is 12.2. The minimum absolute atomic E-state index is 0.0820. The lowest BCUT2D eigenvalue weighted by Gasteiger charge is -2.14. The first-order valence-electron chi connectivity index (χ1n) is 6.35. The minimum atomic E-state index is -0.116. The first-order chi connectivity index (χ1) is 9.04. The van der Waals surface area contributed by atoms with Crippen LogP contribution in [-0.4, -0.2) is 25.5 Å². The van der Waals surface area contributed by atoms with Crippen molar-refractivity contribution in [3.63, 3.8) is 0 Å². The number of carbonyl (C=O) groups excluding carboxylic acids is 1. The van der Waals surface area contributed by atoms with Crippen molar-refractivity contribution in [3.05, 3.63) is 35.4 Å². The van der Waals surface area contributed by atoms with Crippen LogP contribution < -0.4 is 5.32 Å². The molecule has 0 saturated heterocycles. The summed E-state index contributed by atoms with van der Waals surface area (Å²) in [6.07, 6.45) is 3.43. The van der Waals surface area contributed by atoms with E-state index in [0.29, 0.717) is 12.2 Å². The Balaban J connectivity index is 2.13. The highest BCUT2D eigenvalue weighted by molar-refractivity contribution is 5.92. The van der Waals surface area contributed by atoms with Gasteiger partial charge in [-0.1, -0.05) is 0 Å². The number of rotatable bonds is 4. The molecule has 0 aromatic carbocycles. The molecule has 0 spiro atoms. The monoisotopic (exact) mass is 261 g/mol. The molecule has 19 heavy (non-hydrogen) atoms. The van der Waals surface area contributed by atoms with E-state index < -0.39 is 0 Å². The topological polar surface area (TPSA) is 64.7 Å². The molecule has 1 atom stereocenters. The molecule has 6 heteroatoms. The van der Waals surface area contributed by atoms with Crippen molar-refractivity contribution in [1.82, 2.24) is 24.9 Å². The minimum Gasteiger partial charge on any atom is -0.344 e. The highest BCUT2D eigenvalue weighted by atomic mass is 16.2. The molecule has 2 aromatic heterocycles. The van der Waals surface area contributed by atoms with Gasteiger partial charge in [0, 0.05) is 31.0 Å². The Bertz CT molecular complexity index is 584. The van der Waals surface area contributed by atoms with Gasteiger partial charge < -0.3 is 5.32 Å². The normalized spacial score (nSPS) is 12.4. The lowest BCUT2D eigenvalue weighted by molar-refractivity contribution is 0.0929. The Kier molecular flexibility index (Phi) is 3.69. The maximum atomic E-state index is 12.2. The number of aryl methyl sites for hydroxylation is 2. The van der Waals surface area contributed by atoms with Crippen LogP contribution in [0.15, 0.2) is 18.5 Å². The van der Waals surface area contributed by atoms with Crippen LogP contribution in [0.5, 0.6) is 0 Å². The standard InChI is InChI=1S/C13H19N5O/c1-5-18-12(6-7-14-18)13(19)16-9(2)11-8-15-17(4)10(11)3/h6-9H,5H2,1-4H3,(H,16,19). The van der Waals surface area contributed by atoms with Crippen LogP contribution in [0.3, 0.4) is 0 Å². The number of hydrogen-bond donors (Lipinski definition) is 1. The number of carbonyl (C=O) groups is 1. The van der Waals surface area contributed by atoms with E-state index >= 15 is 0 Å². The molecule has 2 rings (SSSR count). The largest absolute Gasteiger partial charge is 0.344 e. The Hall–Kier alpha value is -2.11. The maximum absolute atomic E-state index is 12.2. The van der Waals surface area contributed by atoms with Gasteiger partial charge >= 0.3 is 0 Å². The second-order valence-electron chi connectivity index (χ2n) is 4.54. The molecule has 102 valence electrons. The van der Waals surface area contributed by atoms with Crippen LogP contribution in [0.25, 0.3) is 0 Å². The molecule has 2 heterocycles. The number of nitrogens with zero attached hydrogens (tertiary/aromatic N) is 4. The van der Waals surface area contributed by atoms with E-state index in [0.717, 1.165) is 11.3 Å². The zero-order valence-electron chi connectivity index (χ0n) is 11.7. The summed E-state index contributed by atoms with van der Waals surface area (Å²) in [5.41, 5.74) is 2.66. The van der Waals surface area contributed by atoms with Gasteiger partial charge in [0.15, 0.2) is 0 Å². The van der Waals surface area contributed by atoms with Crippen LogP contribution in [0, 0.1) is 6.92 Å². The van der Waals surface area contributed by atoms with Crippen molar-refractivity contribution in [2.75, 3.05) is 0 Å². The van der Waals surface area contributed by atoms with Crippen LogP contribution >= 0.6 is 0 Å². The van der Waals surface area contributed by atoms with Gasteiger partial charge in [0.05, 0.1) is 12.2 Å². The third-order valence-electron chi connectivity index (χ3n) is 3.34. The fourth-order valence-corrected chi connectivity index (χ4v) is 2.07. The van der Waals surface area contributed by atoms with Gasteiger partial charge in [0.2, 0.25) is 0 Å². The second kappa shape index (κ2) is 5.26. The van der Waals surface area contributed by atoms with Gasteiger partial charge in [0.25, 0.3) is 5.91 Å². The third-order valence-corrected chi connectivity index (χ3v) is 3.34. The molecule has 0 fully saturated rings. The van der Waals surface area contributed by atoms with Gasteiger partial charge in [-0.3, -0.25) is 14.2 Å². The Morgan fingerprint density at radius 3 is 2.79 bits per heavy atom.